The van der Waals surface area contributed by atoms with Gasteiger partial charge >= 0.3 is 5.00 Å². The van der Waals surface area contributed by atoms with Crippen LogP contribution in [0.4, 0.5) is 16.4 Å². The summed E-state index contributed by atoms with van der Waals surface area (Å²) in [7, 11) is 0. The summed E-state index contributed by atoms with van der Waals surface area (Å²) in [5.41, 5.74) is -0.288. The van der Waals surface area contributed by atoms with Crippen molar-refractivity contribution in [1.82, 2.24) is 0 Å². The van der Waals surface area contributed by atoms with Crippen LogP contribution in [0.3, 0.4) is 0 Å². The van der Waals surface area contributed by atoms with E-state index >= 15 is 0 Å². The van der Waals surface area contributed by atoms with Crippen LogP contribution >= 0.6 is 11.3 Å². The van der Waals surface area contributed by atoms with Gasteiger partial charge in [0.25, 0.3) is 5.69 Å². The Kier molecular flexibility index (Phi) is 4.66. The molecule has 0 radical (unpaired) electrons. The number of carbonyl (C=O) groups excluding carboxylic acids is 1. The molecular formula is C13H9N3O6S. The van der Waals surface area contributed by atoms with Crippen molar-refractivity contribution in [2.24, 2.45) is 0 Å². The minimum absolute atomic E-state index is 0.0161. The van der Waals surface area contributed by atoms with Crippen molar-refractivity contribution in [3.05, 3.63) is 61.5 Å². The van der Waals surface area contributed by atoms with Gasteiger partial charge in [-0.25, -0.2) is 0 Å². The van der Waals surface area contributed by atoms with Crippen molar-refractivity contribution < 1.29 is 19.7 Å². The van der Waals surface area contributed by atoms with Crippen LogP contribution in [0, 0.1) is 20.2 Å². The maximum Gasteiger partial charge on any atom is 0.324 e. The number of non-ortho nitro benzene ring substituents is 1. The summed E-state index contributed by atoms with van der Waals surface area (Å²) >= 11 is 0.907. The average Bonchev–Trinajstić information content (AvgIpc) is 2.96. The highest BCUT2D eigenvalue weighted by Gasteiger charge is 2.11. The second-order valence-electron chi connectivity index (χ2n) is 4.21. The number of phenols is 1. The molecule has 2 aromatic rings. The number of hydrogen-bond donors (Lipinski definition) is 2. The van der Waals surface area contributed by atoms with Crippen LogP contribution in [0.5, 0.6) is 5.75 Å². The van der Waals surface area contributed by atoms with Crippen molar-refractivity contribution in [1.29, 1.82) is 0 Å². The Bertz CT molecular complexity index is 814. The van der Waals surface area contributed by atoms with Gasteiger partial charge in [0.1, 0.15) is 5.75 Å². The van der Waals surface area contributed by atoms with E-state index in [1.165, 1.54) is 24.3 Å². The first-order valence-electron chi connectivity index (χ1n) is 6.07. The standard InChI is InChI=1S/C13H9N3O6S/c17-11-7-8(15(19)20)1-4-10(11)14-12(18)5-2-9-3-6-13(23-9)16(21)22/h1-7,17H,(H,14,18)/b5-2+. The number of nitrogens with zero attached hydrogens (tertiary/aromatic N) is 2. The topological polar surface area (TPSA) is 136 Å². The predicted molar refractivity (Wildman–Crippen MR) is 83.4 cm³/mol. The molecule has 1 heterocycles. The van der Waals surface area contributed by atoms with Gasteiger partial charge in [0, 0.05) is 23.1 Å². The van der Waals surface area contributed by atoms with Crippen molar-refractivity contribution in [3.8, 4) is 5.75 Å². The molecule has 0 spiro atoms. The third-order valence-corrected chi connectivity index (χ3v) is 3.64. The highest BCUT2D eigenvalue weighted by Crippen LogP contribution is 2.28. The fourth-order valence-electron chi connectivity index (χ4n) is 1.60. The number of anilines is 1. The SMILES string of the molecule is O=C(/C=C/c1ccc([N+](=O)[O-])s1)Nc1ccc([N+](=O)[O-])cc1O. The quantitative estimate of drug-likeness (QED) is 0.373. The van der Waals surface area contributed by atoms with Crippen LogP contribution in [0.25, 0.3) is 6.08 Å². The summed E-state index contributed by atoms with van der Waals surface area (Å²) < 4.78 is 0. The normalized spacial score (nSPS) is 10.6. The molecule has 1 amide bonds. The van der Waals surface area contributed by atoms with Crippen LogP contribution in [0.1, 0.15) is 4.88 Å². The number of nitrogens with one attached hydrogen (secondary N) is 1. The number of nitro groups is 2. The molecular weight excluding hydrogens is 326 g/mol. The summed E-state index contributed by atoms with van der Waals surface area (Å²) in [5.74, 6) is -1.03. The van der Waals surface area contributed by atoms with Crippen molar-refractivity contribution in [2.45, 2.75) is 0 Å². The van der Waals surface area contributed by atoms with Crippen LogP contribution < -0.4 is 5.32 Å². The van der Waals surface area contributed by atoms with Crippen LogP contribution in [-0.2, 0) is 4.79 Å². The Morgan fingerprint density at radius 1 is 1.17 bits per heavy atom. The first-order valence-corrected chi connectivity index (χ1v) is 6.89. The van der Waals surface area contributed by atoms with Gasteiger partial charge in [0.05, 0.1) is 21.6 Å². The zero-order valence-corrected chi connectivity index (χ0v) is 12.1. The molecule has 23 heavy (non-hydrogen) atoms. The van der Waals surface area contributed by atoms with E-state index in [2.05, 4.69) is 5.32 Å². The molecule has 0 unspecified atom stereocenters. The smallest absolute Gasteiger partial charge is 0.324 e. The lowest BCUT2D eigenvalue weighted by Gasteiger charge is -2.04. The molecule has 118 valence electrons. The first kappa shape index (κ1) is 16.1. The minimum Gasteiger partial charge on any atom is -0.506 e. The van der Waals surface area contributed by atoms with Gasteiger partial charge in [-0.05, 0) is 18.2 Å². The number of carbonyl (C=O) groups is 1. The van der Waals surface area contributed by atoms with Gasteiger partial charge in [-0.1, -0.05) is 11.3 Å². The van der Waals surface area contributed by atoms with Gasteiger partial charge in [0.2, 0.25) is 5.91 Å². The number of phenolic OH excluding ortho intramolecular Hbond substituents is 1. The number of hydrogen-bond acceptors (Lipinski definition) is 7. The predicted octanol–water partition coefficient (Wildman–Crippen LogP) is 2.92. The Labute approximate surface area is 132 Å². The molecule has 1 aromatic carbocycles. The van der Waals surface area contributed by atoms with E-state index in [4.69, 9.17) is 0 Å². The molecule has 0 saturated heterocycles. The second kappa shape index (κ2) is 6.66. The van der Waals surface area contributed by atoms with E-state index in [0.29, 0.717) is 4.88 Å². The summed E-state index contributed by atoms with van der Waals surface area (Å²) in [6.07, 6.45) is 2.52. The molecule has 0 aliphatic carbocycles. The zero-order chi connectivity index (χ0) is 17.0. The first-order chi connectivity index (χ1) is 10.9. The molecule has 0 fully saturated rings. The molecule has 2 rings (SSSR count). The summed E-state index contributed by atoms with van der Waals surface area (Å²) in [6.45, 7) is 0. The van der Waals surface area contributed by atoms with E-state index in [1.807, 2.05) is 0 Å². The number of thiophene rings is 1. The summed E-state index contributed by atoms with van der Waals surface area (Å²) in [5, 5.41) is 33.0. The molecule has 9 nitrogen and oxygen atoms in total. The highest BCUT2D eigenvalue weighted by molar-refractivity contribution is 7.16. The largest absolute Gasteiger partial charge is 0.506 e. The molecule has 2 N–H and O–H groups in total. The third-order valence-electron chi connectivity index (χ3n) is 2.64. The average molecular weight is 335 g/mol. The van der Waals surface area contributed by atoms with Crippen LogP contribution in [0.15, 0.2) is 36.4 Å². The molecule has 1 aromatic heterocycles. The maximum absolute atomic E-state index is 11.7. The Balaban J connectivity index is 2.05. The summed E-state index contributed by atoms with van der Waals surface area (Å²) in [6, 6.07) is 6.08. The van der Waals surface area contributed by atoms with Crippen molar-refractivity contribution in [3.63, 3.8) is 0 Å². The molecule has 0 atom stereocenters. The zero-order valence-electron chi connectivity index (χ0n) is 11.3. The van der Waals surface area contributed by atoms with Gasteiger partial charge in [-0.15, -0.1) is 0 Å². The Morgan fingerprint density at radius 2 is 1.91 bits per heavy atom. The number of aromatic hydroxyl groups is 1. The molecule has 0 aliphatic rings. The van der Waals surface area contributed by atoms with Gasteiger partial charge in [-0.3, -0.25) is 25.0 Å². The van der Waals surface area contributed by atoms with Gasteiger partial charge in [-0.2, -0.15) is 0 Å². The van der Waals surface area contributed by atoms with Crippen molar-refractivity contribution >= 4 is 39.7 Å². The lowest BCUT2D eigenvalue weighted by Crippen LogP contribution is -2.07. The highest BCUT2D eigenvalue weighted by atomic mass is 32.1. The fraction of sp³-hybridized carbons (Fsp3) is 0. The van der Waals surface area contributed by atoms with Gasteiger partial charge < -0.3 is 10.4 Å². The molecule has 0 aliphatic heterocycles. The van der Waals surface area contributed by atoms with E-state index in [9.17, 15) is 30.1 Å². The molecule has 0 bridgehead atoms. The van der Waals surface area contributed by atoms with E-state index in [-0.39, 0.29) is 16.4 Å². The number of benzene rings is 1. The molecule has 0 saturated carbocycles. The Hall–Kier alpha value is -3.27. The molecule has 10 heteroatoms. The Morgan fingerprint density at radius 3 is 2.48 bits per heavy atom. The number of amides is 1. The van der Waals surface area contributed by atoms with Crippen LogP contribution in [0.2, 0.25) is 0 Å². The van der Waals surface area contributed by atoms with E-state index in [0.717, 1.165) is 29.5 Å². The van der Waals surface area contributed by atoms with Crippen molar-refractivity contribution in [2.75, 3.05) is 5.32 Å². The van der Waals surface area contributed by atoms with Gasteiger partial charge in [0.15, 0.2) is 0 Å². The van der Waals surface area contributed by atoms with E-state index < -0.39 is 21.5 Å². The maximum atomic E-state index is 11.7. The number of nitro benzene ring substituents is 1. The van der Waals surface area contributed by atoms with E-state index in [1.54, 1.807) is 0 Å². The fourth-order valence-corrected chi connectivity index (χ4v) is 2.33. The minimum atomic E-state index is -0.672. The third kappa shape index (κ3) is 4.11. The second-order valence-corrected chi connectivity index (χ2v) is 5.31. The lowest BCUT2D eigenvalue weighted by molar-refractivity contribution is -0.384. The summed E-state index contributed by atoms with van der Waals surface area (Å²) in [4.78, 5) is 32.1. The lowest BCUT2D eigenvalue weighted by atomic mass is 10.2. The number of rotatable bonds is 5. The van der Waals surface area contributed by atoms with Crippen LogP contribution in [-0.4, -0.2) is 20.9 Å². The monoisotopic (exact) mass is 335 g/mol.